The molecule has 0 saturated heterocycles. The van der Waals surface area contributed by atoms with Crippen LogP contribution in [0.2, 0.25) is 0 Å². The number of esters is 1. The van der Waals surface area contributed by atoms with E-state index in [0.29, 0.717) is 24.4 Å². The van der Waals surface area contributed by atoms with Crippen LogP contribution in [0.15, 0.2) is 59.1 Å². The second-order valence-electron chi connectivity index (χ2n) is 9.98. The van der Waals surface area contributed by atoms with Crippen LogP contribution in [0.1, 0.15) is 65.7 Å². The van der Waals surface area contributed by atoms with Crippen LogP contribution in [0.3, 0.4) is 0 Å². The van der Waals surface area contributed by atoms with Crippen LogP contribution in [-0.2, 0) is 19.4 Å². The molecular formula is C28H38FNO5S. The molecule has 1 atom stereocenters. The van der Waals surface area contributed by atoms with Gasteiger partial charge < -0.3 is 14.4 Å². The minimum Gasteiger partial charge on any atom is -0.464 e. The molecule has 3 rings (SSSR count). The first-order valence-electron chi connectivity index (χ1n) is 12.8. The first-order valence-corrected chi connectivity index (χ1v) is 14.4. The fourth-order valence-electron chi connectivity index (χ4n) is 5.06. The van der Waals surface area contributed by atoms with Crippen molar-refractivity contribution in [3.05, 3.63) is 54.2 Å². The lowest BCUT2D eigenvalue weighted by Crippen LogP contribution is -2.40. The number of unbranched alkanes of at least 4 members (excludes halogenated alkanes) is 2. The molecule has 1 unspecified atom stereocenters. The van der Waals surface area contributed by atoms with Gasteiger partial charge in [-0.3, -0.25) is 0 Å². The number of halogens is 1. The Morgan fingerprint density at radius 3 is 2.53 bits per heavy atom. The van der Waals surface area contributed by atoms with Crippen molar-refractivity contribution in [3.63, 3.8) is 0 Å². The number of fused-ring (bicyclic) bond motifs is 1. The minimum absolute atomic E-state index is 0.0536. The fourth-order valence-corrected chi connectivity index (χ4v) is 7.20. The van der Waals surface area contributed by atoms with Gasteiger partial charge in [0.05, 0.1) is 23.4 Å². The van der Waals surface area contributed by atoms with Crippen molar-refractivity contribution >= 4 is 21.5 Å². The molecule has 1 aliphatic carbocycles. The van der Waals surface area contributed by atoms with Crippen LogP contribution >= 0.6 is 0 Å². The molecule has 0 aromatic heterocycles. The third kappa shape index (κ3) is 6.58. The maximum Gasteiger partial charge on any atom is 0.370 e. The fraction of sp³-hybridized carbons (Fsp3) is 0.536. The van der Waals surface area contributed by atoms with E-state index in [0.717, 1.165) is 57.8 Å². The monoisotopic (exact) mass is 519 g/mol. The van der Waals surface area contributed by atoms with E-state index in [9.17, 15) is 17.6 Å². The zero-order valence-electron chi connectivity index (χ0n) is 21.8. The standard InChI is InChI=1S/C28H38FNO5S/c1-5-7-14-28(15-8-6-2)19-30(22-11-9-10-21(3)16-22)25-13-12-23(17-26(25)36(32,33)20-28)35-18-24(29)27(31)34-4/h9-13,17-18,21H,5-8,14-16,19-20H2,1-4H3/b24-18-. The van der Waals surface area contributed by atoms with Crippen LogP contribution in [-0.4, -0.2) is 33.8 Å². The molecule has 2 aliphatic rings. The third-order valence-electron chi connectivity index (χ3n) is 6.95. The maximum atomic E-state index is 13.9. The maximum absolute atomic E-state index is 13.9. The van der Waals surface area contributed by atoms with Gasteiger partial charge in [-0.2, -0.15) is 4.39 Å². The van der Waals surface area contributed by atoms with Crippen LogP contribution < -0.4 is 9.64 Å². The summed E-state index contributed by atoms with van der Waals surface area (Å²) in [6.45, 7) is 7.04. The number of carbonyl (C=O) groups excluding carboxylic acids is 1. The number of carbonyl (C=O) groups is 1. The van der Waals surface area contributed by atoms with Gasteiger partial charge >= 0.3 is 5.97 Å². The van der Waals surface area contributed by atoms with Crippen molar-refractivity contribution in [3.8, 4) is 5.75 Å². The first kappa shape index (κ1) is 28.0. The molecule has 0 saturated carbocycles. The van der Waals surface area contributed by atoms with E-state index < -0.39 is 21.6 Å². The zero-order chi connectivity index (χ0) is 26.3. The van der Waals surface area contributed by atoms with E-state index in [2.05, 4.69) is 42.6 Å². The van der Waals surface area contributed by atoms with E-state index in [4.69, 9.17) is 4.74 Å². The first-order chi connectivity index (χ1) is 17.1. The second kappa shape index (κ2) is 12.1. The Morgan fingerprint density at radius 2 is 1.92 bits per heavy atom. The lowest BCUT2D eigenvalue weighted by molar-refractivity contribution is -0.137. The van der Waals surface area contributed by atoms with Gasteiger partial charge in [-0.05, 0) is 43.4 Å². The summed E-state index contributed by atoms with van der Waals surface area (Å²) in [7, 11) is -2.62. The van der Waals surface area contributed by atoms with Gasteiger partial charge in [0.2, 0.25) is 5.83 Å². The van der Waals surface area contributed by atoms with Crippen LogP contribution in [0, 0.1) is 11.3 Å². The second-order valence-corrected chi connectivity index (χ2v) is 11.9. The zero-order valence-corrected chi connectivity index (χ0v) is 22.6. The summed E-state index contributed by atoms with van der Waals surface area (Å²) >= 11 is 0. The van der Waals surface area contributed by atoms with Crippen LogP contribution in [0.5, 0.6) is 5.75 Å². The summed E-state index contributed by atoms with van der Waals surface area (Å²) in [4.78, 5) is 13.7. The smallest absolute Gasteiger partial charge is 0.370 e. The van der Waals surface area contributed by atoms with Crippen molar-refractivity contribution in [2.75, 3.05) is 24.3 Å². The van der Waals surface area contributed by atoms with Crippen molar-refractivity contribution in [2.45, 2.75) is 70.6 Å². The minimum atomic E-state index is -3.69. The Hall–Kier alpha value is -2.61. The normalized spacial score (nSPS) is 20.8. The Morgan fingerprint density at radius 1 is 1.22 bits per heavy atom. The average Bonchev–Trinajstić information content (AvgIpc) is 2.96. The van der Waals surface area contributed by atoms with Gasteiger partial charge in [0.15, 0.2) is 9.84 Å². The number of sulfone groups is 1. The SMILES string of the molecule is CCCCC1(CCCC)CN(C2=CC=CC(C)C2)c2ccc(O/C=C(\F)C(=O)OC)cc2S(=O)(=O)C1. The molecule has 1 heterocycles. The molecule has 0 amide bonds. The molecule has 8 heteroatoms. The quantitative estimate of drug-likeness (QED) is 0.200. The molecule has 0 radical (unpaired) electrons. The Bertz CT molecular complexity index is 1130. The van der Waals surface area contributed by atoms with E-state index in [-0.39, 0.29) is 21.8 Å². The molecule has 6 nitrogen and oxygen atoms in total. The summed E-state index contributed by atoms with van der Waals surface area (Å²) in [5.74, 6) is -1.83. The van der Waals surface area contributed by atoms with Gasteiger partial charge in [0.1, 0.15) is 12.0 Å². The van der Waals surface area contributed by atoms with Gasteiger partial charge in [0, 0.05) is 23.7 Å². The van der Waals surface area contributed by atoms with Crippen molar-refractivity contribution in [1.82, 2.24) is 0 Å². The molecule has 0 fully saturated rings. The number of hydrogen-bond donors (Lipinski definition) is 0. The van der Waals surface area contributed by atoms with Gasteiger partial charge in [-0.15, -0.1) is 0 Å². The molecule has 1 aromatic rings. The van der Waals surface area contributed by atoms with E-state index >= 15 is 0 Å². The number of benzene rings is 1. The number of rotatable bonds is 10. The number of nitrogens with zero attached hydrogens (tertiary/aromatic N) is 1. The predicted molar refractivity (Wildman–Crippen MR) is 140 cm³/mol. The molecular weight excluding hydrogens is 481 g/mol. The number of hydrogen-bond acceptors (Lipinski definition) is 6. The Kier molecular flexibility index (Phi) is 9.39. The summed E-state index contributed by atoms with van der Waals surface area (Å²) < 4.78 is 51.3. The van der Waals surface area contributed by atoms with Crippen molar-refractivity contribution in [2.24, 2.45) is 11.3 Å². The molecule has 0 N–H and O–H groups in total. The van der Waals surface area contributed by atoms with Crippen molar-refractivity contribution < 1.29 is 27.1 Å². The highest BCUT2D eigenvalue weighted by Gasteiger charge is 2.42. The number of ether oxygens (including phenoxy) is 2. The molecule has 1 aliphatic heterocycles. The van der Waals surface area contributed by atoms with E-state index in [1.54, 1.807) is 12.1 Å². The summed E-state index contributed by atoms with van der Waals surface area (Å²) in [6, 6.07) is 4.78. The van der Waals surface area contributed by atoms with Gasteiger partial charge in [0.25, 0.3) is 0 Å². The average molecular weight is 520 g/mol. The summed E-state index contributed by atoms with van der Waals surface area (Å²) in [5, 5.41) is 0. The lowest BCUT2D eigenvalue weighted by Gasteiger charge is -2.39. The molecule has 1 aromatic carbocycles. The highest BCUT2D eigenvalue weighted by molar-refractivity contribution is 7.91. The molecule has 0 bridgehead atoms. The molecule has 0 spiro atoms. The predicted octanol–water partition coefficient (Wildman–Crippen LogP) is 6.49. The number of anilines is 1. The van der Waals surface area contributed by atoms with E-state index in [1.807, 2.05) is 6.08 Å². The highest BCUT2D eigenvalue weighted by Crippen LogP contribution is 2.45. The van der Waals surface area contributed by atoms with Crippen LogP contribution in [0.4, 0.5) is 10.1 Å². The van der Waals surface area contributed by atoms with E-state index in [1.165, 1.54) is 6.07 Å². The molecule has 198 valence electrons. The topological polar surface area (TPSA) is 72.9 Å². The lowest BCUT2D eigenvalue weighted by atomic mass is 9.79. The number of allylic oxidation sites excluding steroid dienone is 4. The summed E-state index contributed by atoms with van der Waals surface area (Å²) in [6.07, 6.45) is 13.3. The Balaban J connectivity index is 2.12. The van der Waals surface area contributed by atoms with Crippen molar-refractivity contribution in [1.29, 1.82) is 0 Å². The Labute approximate surface area is 214 Å². The largest absolute Gasteiger partial charge is 0.464 e. The number of methoxy groups -OCH3 is 1. The van der Waals surface area contributed by atoms with Crippen LogP contribution in [0.25, 0.3) is 0 Å². The van der Waals surface area contributed by atoms with Gasteiger partial charge in [-0.25, -0.2) is 13.2 Å². The highest BCUT2D eigenvalue weighted by atomic mass is 32.2. The van der Waals surface area contributed by atoms with Gasteiger partial charge in [-0.1, -0.05) is 58.6 Å². The third-order valence-corrected chi connectivity index (χ3v) is 8.94. The summed E-state index contributed by atoms with van der Waals surface area (Å²) in [5.41, 5.74) is 1.32. The molecule has 36 heavy (non-hydrogen) atoms.